The van der Waals surface area contributed by atoms with E-state index in [0.717, 1.165) is 36.6 Å². The van der Waals surface area contributed by atoms with Gasteiger partial charge in [0.05, 0.1) is 13.2 Å². The number of nitrogens with zero attached hydrogens (tertiary/aromatic N) is 4. The third-order valence-electron chi connectivity index (χ3n) is 4.41. The Morgan fingerprint density at radius 3 is 2.74 bits per heavy atom. The number of aliphatic imine (C=N–C) groups is 1. The molecule has 0 aliphatic carbocycles. The fourth-order valence-electron chi connectivity index (χ4n) is 2.51. The first kappa shape index (κ1) is 20.7. The van der Waals surface area contributed by atoms with Gasteiger partial charge in [0.2, 0.25) is 0 Å². The van der Waals surface area contributed by atoms with E-state index in [2.05, 4.69) is 32.7 Å². The number of guanidine groups is 1. The predicted octanol–water partition coefficient (Wildman–Crippen LogP) is 2.87. The number of aromatic nitrogens is 3. The van der Waals surface area contributed by atoms with Crippen LogP contribution in [0, 0.1) is 12.7 Å². The third-order valence-corrected chi connectivity index (χ3v) is 4.41. The molecule has 2 aromatic rings. The number of benzene rings is 1. The monoisotopic (exact) mass is 376 g/mol. The highest BCUT2D eigenvalue weighted by Gasteiger charge is 2.12. The standard InChI is InChI=1S/C19H29FN6O/c1-6-7-10-21-19(22-12-18-25-24-14(3)26(18)4)23-13(2)15-8-9-17(27-5)16(20)11-15/h8-9,11,13H,6-7,10,12H2,1-5H3,(H2,21,22,23). The van der Waals surface area contributed by atoms with Crippen LogP contribution in [0.15, 0.2) is 23.2 Å². The first-order valence-corrected chi connectivity index (χ1v) is 9.19. The molecule has 0 saturated heterocycles. The van der Waals surface area contributed by atoms with Gasteiger partial charge >= 0.3 is 0 Å². The van der Waals surface area contributed by atoms with Crippen molar-refractivity contribution in [2.45, 2.75) is 46.2 Å². The van der Waals surface area contributed by atoms with Crippen molar-refractivity contribution < 1.29 is 9.13 Å². The highest BCUT2D eigenvalue weighted by molar-refractivity contribution is 5.80. The van der Waals surface area contributed by atoms with E-state index in [1.165, 1.54) is 13.2 Å². The molecule has 2 rings (SSSR count). The number of hydrogen-bond donors (Lipinski definition) is 2. The number of aryl methyl sites for hydroxylation is 1. The Hall–Kier alpha value is -2.64. The van der Waals surface area contributed by atoms with E-state index in [-0.39, 0.29) is 17.6 Å². The van der Waals surface area contributed by atoms with E-state index >= 15 is 0 Å². The molecule has 1 aromatic carbocycles. The zero-order valence-corrected chi connectivity index (χ0v) is 16.7. The van der Waals surface area contributed by atoms with Crippen LogP contribution in [-0.2, 0) is 13.6 Å². The lowest BCUT2D eigenvalue weighted by atomic mass is 10.1. The minimum Gasteiger partial charge on any atom is -0.494 e. The Morgan fingerprint density at radius 2 is 2.15 bits per heavy atom. The van der Waals surface area contributed by atoms with Gasteiger partial charge < -0.3 is 19.9 Å². The Labute approximate surface area is 160 Å². The lowest BCUT2D eigenvalue weighted by Gasteiger charge is -2.19. The predicted molar refractivity (Wildman–Crippen MR) is 104 cm³/mol. The minimum atomic E-state index is -0.379. The molecule has 0 radical (unpaired) electrons. The van der Waals surface area contributed by atoms with Crippen LogP contribution in [0.3, 0.4) is 0 Å². The molecule has 1 aromatic heterocycles. The average Bonchev–Trinajstić information content (AvgIpc) is 2.98. The van der Waals surface area contributed by atoms with Gasteiger partial charge in [-0.05, 0) is 38.0 Å². The summed E-state index contributed by atoms with van der Waals surface area (Å²) in [5.74, 6) is 2.14. The number of nitrogens with one attached hydrogen (secondary N) is 2. The van der Waals surface area contributed by atoms with Crippen molar-refractivity contribution in [1.29, 1.82) is 0 Å². The van der Waals surface area contributed by atoms with Gasteiger partial charge in [0.25, 0.3) is 0 Å². The summed E-state index contributed by atoms with van der Waals surface area (Å²) < 4.78 is 20.9. The minimum absolute atomic E-state index is 0.125. The molecule has 0 bridgehead atoms. The summed E-state index contributed by atoms with van der Waals surface area (Å²) in [6, 6.07) is 4.83. The molecule has 1 atom stereocenters. The molecule has 0 aliphatic heterocycles. The van der Waals surface area contributed by atoms with Crippen LogP contribution < -0.4 is 15.4 Å². The van der Waals surface area contributed by atoms with Gasteiger partial charge in [-0.2, -0.15) is 0 Å². The van der Waals surface area contributed by atoms with Crippen molar-refractivity contribution in [3.8, 4) is 5.75 Å². The van der Waals surface area contributed by atoms with Crippen molar-refractivity contribution in [3.63, 3.8) is 0 Å². The second-order valence-corrected chi connectivity index (χ2v) is 6.43. The van der Waals surface area contributed by atoms with E-state index in [9.17, 15) is 4.39 Å². The second kappa shape index (κ2) is 9.89. The fraction of sp³-hybridized carbons (Fsp3) is 0.526. The third kappa shape index (κ3) is 5.67. The molecule has 7 nitrogen and oxygen atoms in total. The van der Waals surface area contributed by atoms with Crippen LogP contribution in [0.4, 0.5) is 4.39 Å². The normalized spacial score (nSPS) is 12.7. The van der Waals surface area contributed by atoms with Gasteiger partial charge in [-0.1, -0.05) is 19.4 Å². The summed E-state index contributed by atoms with van der Waals surface area (Å²) in [5, 5.41) is 14.8. The molecule has 2 N–H and O–H groups in total. The van der Waals surface area contributed by atoms with Gasteiger partial charge in [0.15, 0.2) is 23.4 Å². The zero-order valence-electron chi connectivity index (χ0n) is 16.7. The first-order chi connectivity index (χ1) is 13.0. The summed E-state index contributed by atoms with van der Waals surface area (Å²) in [4.78, 5) is 4.61. The molecule has 0 saturated carbocycles. The van der Waals surface area contributed by atoms with Crippen LogP contribution in [0.5, 0.6) is 5.75 Å². The van der Waals surface area contributed by atoms with Gasteiger partial charge in [-0.15, -0.1) is 10.2 Å². The molecule has 27 heavy (non-hydrogen) atoms. The summed E-state index contributed by atoms with van der Waals surface area (Å²) >= 11 is 0. The number of rotatable bonds is 8. The molecule has 8 heteroatoms. The highest BCUT2D eigenvalue weighted by atomic mass is 19.1. The molecule has 0 aliphatic rings. The first-order valence-electron chi connectivity index (χ1n) is 9.19. The second-order valence-electron chi connectivity index (χ2n) is 6.43. The van der Waals surface area contributed by atoms with E-state index in [0.29, 0.717) is 12.5 Å². The molecule has 0 fully saturated rings. The smallest absolute Gasteiger partial charge is 0.192 e. The maximum Gasteiger partial charge on any atom is 0.192 e. The van der Waals surface area contributed by atoms with Crippen molar-refractivity contribution in [1.82, 2.24) is 25.4 Å². The van der Waals surface area contributed by atoms with Crippen LogP contribution in [0.2, 0.25) is 0 Å². The topological polar surface area (TPSA) is 76.4 Å². The summed E-state index contributed by atoms with van der Waals surface area (Å²) in [6.45, 7) is 7.22. The largest absolute Gasteiger partial charge is 0.494 e. The Kier molecular flexibility index (Phi) is 7.57. The van der Waals surface area contributed by atoms with Crippen LogP contribution in [0.25, 0.3) is 0 Å². The molecule has 0 spiro atoms. The number of halogens is 1. The molecule has 0 amide bonds. The van der Waals surface area contributed by atoms with Gasteiger partial charge in [0.1, 0.15) is 12.4 Å². The van der Waals surface area contributed by atoms with Crippen molar-refractivity contribution in [3.05, 3.63) is 41.2 Å². The Morgan fingerprint density at radius 1 is 1.37 bits per heavy atom. The summed E-state index contributed by atoms with van der Waals surface area (Å²) in [6.07, 6.45) is 2.12. The van der Waals surface area contributed by atoms with Crippen LogP contribution >= 0.6 is 0 Å². The SMILES string of the molecule is CCCCNC(=NCc1nnc(C)n1C)NC(C)c1ccc(OC)c(F)c1. The maximum absolute atomic E-state index is 14.0. The molecule has 148 valence electrons. The van der Waals surface area contributed by atoms with E-state index in [1.807, 2.05) is 31.5 Å². The number of hydrogen-bond acceptors (Lipinski definition) is 4. The zero-order chi connectivity index (χ0) is 19.8. The van der Waals surface area contributed by atoms with Gasteiger partial charge in [-0.3, -0.25) is 0 Å². The van der Waals surface area contributed by atoms with Gasteiger partial charge in [0, 0.05) is 13.6 Å². The maximum atomic E-state index is 14.0. The van der Waals surface area contributed by atoms with E-state index in [4.69, 9.17) is 4.74 Å². The van der Waals surface area contributed by atoms with E-state index in [1.54, 1.807) is 6.07 Å². The highest BCUT2D eigenvalue weighted by Crippen LogP contribution is 2.21. The summed E-state index contributed by atoms with van der Waals surface area (Å²) in [7, 11) is 3.37. The van der Waals surface area contributed by atoms with Crippen LogP contribution in [0.1, 0.15) is 49.9 Å². The lowest BCUT2D eigenvalue weighted by Crippen LogP contribution is -2.39. The number of unbranched alkanes of at least 4 members (excludes halogenated alkanes) is 1. The number of methoxy groups -OCH3 is 1. The molecule has 1 unspecified atom stereocenters. The quantitative estimate of drug-likeness (QED) is 0.421. The van der Waals surface area contributed by atoms with E-state index < -0.39 is 0 Å². The summed E-state index contributed by atoms with van der Waals surface area (Å²) in [5.41, 5.74) is 0.813. The molecule has 1 heterocycles. The van der Waals surface area contributed by atoms with Crippen LogP contribution in [-0.4, -0.2) is 34.4 Å². The Balaban J connectivity index is 2.11. The van der Waals surface area contributed by atoms with Gasteiger partial charge in [-0.25, -0.2) is 9.38 Å². The van der Waals surface area contributed by atoms with Crippen molar-refractivity contribution >= 4 is 5.96 Å². The van der Waals surface area contributed by atoms with Crippen molar-refractivity contribution in [2.24, 2.45) is 12.0 Å². The lowest BCUT2D eigenvalue weighted by molar-refractivity contribution is 0.386. The average molecular weight is 376 g/mol. The molecular formula is C19H29FN6O. The molecular weight excluding hydrogens is 347 g/mol. The fourth-order valence-corrected chi connectivity index (χ4v) is 2.51. The van der Waals surface area contributed by atoms with Crippen molar-refractivity contribution in [2.75, 3.05) is 13.7 Å². The Bertz CT molecular complexity index is 774. The number of ether oxygens (including phenoxy) is 1.